The van der Waals surface area contributed by atoms with Crippen molar-refractivity contribution in [3.63, 3.8) is 0 Å². The van der Waals surface area contributed by atoms with Crippen LogP contribution in [0.4, 0.5) is 0 Å². The third kappa shape index (κ3) is 3.83. The number of hydrogen-bond acceptors (Lipinski definition) is 7. The van der Waals surface area contributed by atoms with Crippen LogP contribution in [0.5, 0.6) is 5.75 Å². The van der Waals surface area contributed by atoms with Gasteiger partial charge in [-0.15, -0.1) is 5.10 Å². The summed E-state index contributed by atoms with van der Waals surface area (Å²) < 4.78 is 11.0. The monoisotopic (exact) mass is 344 g/mol. The average molecular weight is 344 g/mol. The van der Waals surface area contributed by atoms with E-state index in [1.54, 1.807) is 6.21 Å². The zero-order valence-corrected chi connectivity index (χ0v) is 14.1. The highest BCUT2D eigenvalue weighted by Gasteiger charge is 2.16. The van der Waals surface area contributed by atoms with E-state index >= 15 is 0 Å². The van der Waals surface area contributed by atoms with Gasteiger partial charge < -0.3 is 14.6 Å². The van der Waals surface area contributed by atoms with Crippen LogP contribution in [-0.4, -0.2) is 28.2 Å². The lowest BCUT2D eigenvalue weighted by atomic mass is 10.2. The molecular formula is C16H16N4O3S. The van der Waals surface area contributed by atoms with Gasteiger partial charge in [0.1, 0.15) is 18.1 Å². The Bertz CT molecular complexity index is 794. The smallest absolute Gasteiger partial charge is 0.236 e. The number of nitrogens with one attached hydrogen (secondary N) is 1. The van der Waals surface area contributed by atoms with Crippen molar-refractivity contribution < 1.29 is 14.1 Å². The molecule has 1 amide bonds. The molecule has 8 heteroatoms. The van der Waals surface area contributed by atoms with Crippen LogP contribution in [0.3, 0.4) is 0 Å². The maximum absolute atomic E-state index is 11.1. The number of ether oxygens (including phenoxy) is 1. The van der Waals surface area contributed by atoms with E-state index < -0.39 is 0 Å². The first-order valence-corrected chi connectivity index (χ1v) is 8.29. The summed E-state index contributed by atoms with van der Waals surface area (Å²) in [6.07, 6.45) is 1.60. The Balaban J connectivity index is 1.70. The number of carbonyl (C=O) groups is 1. The lowest BCUT2D eigenvalue weighted by molar-refractivity contribution is -0.116. The first-order chi connectivity index (χ1) is 11.6. The Morgan fingerprint density at radius 2 is 2.25 bits per heavy atom. The fourth-order valence-electron chi connectivity index (χ4n) is 2.10. The first-order valence-electron chi connectivity index (χ1n) is 7.30. The number of nitrogens with zero attached hydrogens (tertiary/aromatic N) is 3. The summed E-state index contributed by atoms with van der Waals surface area (Å²) in [6, 6.07) is 7.52. The molecule has 1 fully saturated rings. The molecule has 0 spiro atoms. The number of carbonyl (C=O) groups excluding carboxylic acids is 1. The van der Waals surface area contributed by atoms with E-state index in [1.165, 1.54) is 11.8 Å². The zero-order chi connectivity index (χ0) is 16.9. The summed E-state index contributed by atoms with van der Waals surface area (Å²) in [5.41, 5.74) is 2.55. The molecule has 7 nitrogen and oxygen atoms in total. The molecule has 1 aromatic heterocycles. The van der Waals surface area contributed by atoms with Gasteiger partial charge in [0.25, 0.3) is 0 Å². The van der Waals surface area contributed by atoms with Crippen LogP contribution in [0.1, 0.15) is 22.6 Å². The van der Waals surface area contributed by atoms with Crippen molar-refractivity contribution in [1.29, 1.82) is 0 Å². The number of thioether (sulfide) groups is 1. The second kappa shape index (κ2) is 7.31. The maximum Gasteiger partial charge on any atom is 0.236 e. The van der Waals surface area contributed by atoms with Crippen molar-refractivity contribution in [1.82, 2.24) is 10.5 Å². The molecule has 1 saturated heterocycles. The Kier molecular flexibility index (Phi) is 4.95. The normalized spacial score (nSPS) is 16.1. The lowest BCUT2D eigenvalue weighted by Crippen LogP contribution is -2.19. The van der Waals surface area contributed by atoms with Crippen molar-refractivity contribution >= 4 is 29.1 Å². The summed E-state index contributed by atoms with van der Waals surface area (Å²) in [7, 11) is 0. The van der Waals surface area contributed by atoms with Crippen LogP contribution >= 0.6 is 11.8 Å². The van der Waals surface area contributed by atoms with Gasteiger partial charge in [-0.2, -0.15) is 5.10 Å². The highest BCUT2D eigenvalue weighted by Crippen LogP contribution is 2.20. The van der Waals surface area contributed by atoms with Crippen LogP contribution in [0.15, 0.2) is 39.0 Å². The minimum absolute atomic E-state index is 0.0582. The first kappa shape index (κ1) is 16.3. The molecule has 2 aromatic rings. The maximum atomic E-state index is 11.1. The topological polar surface area (TPSA) is 89.1 Å². The number of hydrogen-bond donors (Lipinski definition) is 1. The number of para-hydroxylation sites is 1. The quantitative estimate of drug-likeness (QED) is 0.665. The van der Waals surface area contributed by atoms with Crippen LogP contribution < -0.4 is 10.1 Å². The second-order valence-corrected chi connectivity index (χ2v) is 6.08. The van der Waals surface area contributed by atoms with E-state index in [2.05, 4.69) is 20.7 Å². The minimum Gasteiger partial charge on any atom is -0.488 e. The average Bonchev–Trinajstić information content (AvgIpc) is 3.13. The molecule has 0 atom stereocenters. The van der Waals surface area contributed by atoms with E-state index in [0.717, 1.165) is 22.6 Å². The minimum atomic E-state index is -0.0582. The van der Waals surface area contributed by atoms with Gasteiger partial charge in [-0.05, 0) is 26.0 Å². The molecular weight excluding hydrogens is 328 g/mol. The standard InChI is InChI=1S/C16H16N4O3S/c1-10-13(11(2)23-20-10)8-22-14-6-4-3-5-12(14)7-17-19-16-18-15(21)9-24-16/h3-7H,8-9H2,1-2H3,(H,18,19,21). The fourth-order valence-corrected chi connectivity index (χ4v) is 2.73. The highest BCUT2D eigenvalue weighted by atomic mass is 32.2. The van der Waals surface area contributed by atoms with Gasteiger partial charge in [0, 0.05) is 5.56 Å². The van der Waals surface area contributed by atoms with Crippen molar-refractivity contribution in [2.75, 3.05) is 5.75 Å². The van der Waals surface area contributed by atoms with Crippen LogP contribution in [0, 0.1) is 13.8 Å². The molecule has 1 N–H and O–H groups in total. The van der Waals surface area contributed by atoms with Gasteiger partial charge in [-0.1, -0.05) is 29.1 Å². The Labute approximate surface area is 143 Å². The molecule has 2 heterocycles. The van der Waals surface area contributed by atoms with Crippen LogP contribution in [0.2, 0.25) is 0 Å². The van der Waals surface area contributed by atoms with Crippen LogP contribution in [-0.2, 0) is 11.4 Å². The molecule has 124 valence electrons. The molecule has 0 aliphatic carbocycles. The third-order valence-corrected chi connectivity index (χ3v) is 4.27. The van der Waals surface area contributed by atoms with E-state index in [1.807, 2.05) is 38.1 Å². The van der Waals surface area contributed by atoms with E-state index in [9.17, 15) is 4.79 Å². The number of benzene rings is 1. The van der Waals surface area contributed by atoms with E-state index in [-0.39, 0.29) is 5.91 Å². The van der Waals surface area contributed by atoms with Gasteiger partial charge in [0.2, 0.25) is 5.91 Å². The Morgan fingerprint density at radius 3 is 2.96 bits per heavy atom. The zero-order valence-electron chi connectivity index (χ0n) is 13.3. The predicted molar refractivity (Wildman–Crippen MR) is 92.4 cm³/mol. The van der Waals surface area contributed by atoms with E-state index in [0.29, 0.717) is 23.3 Å². The number of rotatable bonds is 5. The molecule has 0 saturated carbocycles. The molecule has 0 radical (unpaired) electrons. The number of aryl methyl sites for hydroxylation is 2. The number of amides is 1. The van der Waals surface area contributed by atoms with E-state index in [4.69, 9.17) is 9.26 Å². The summed E-state index contributed by atoms with van der Waals surface area (Å²) in [5, 5.41) is 15.0. The van der Waals surface area contributed by atoms with Gasteiger partial charge in [0.05, 0.1) is 23.2 Å². The fraction of sp³-hybridized carbons (Fsp3) is 0.250. The van der Waals surface area contributed by atoms with Gasteiger partial charge >= 0.3 is 0 Å². The van der Waals surface area contributed by atoms with Gasteiger partial charge in [-0.3, -0.25) is 4.79 Å². The summed E-state index contributed by atoms with van der Waals surface area (Å²) >= 11 is 1.33. The molecule has 3 rings (SSSR count). The van der Waals surface area contributed by atoms with Gasteiger partial charge in [-0.25, -0.2) is 0 Å². The molecule has 24 heavy (non-hydrogen) atoms. The number of aromatic nitrogens is 1. The van der Waals surface area contributed by atoms with Crippen molar-refractivity contribution in [3.05, 3.63) is 46.8 Å². The molecule has 1 aliphatic rings. The lowest BCUT2D eigenvalue weighted by Gasteiger charge is -2.08. The summed E-state index contributed by atoms with van der Waals surface area (Å²) in [5.74, 6) is 1.76. The summed E-state index contributed by atoms with van der Waals surface area (Å²) in [4.78, 5) is 11.1. The number of amidine groups is 1. The van der Waals surface area contributed by atoms with Crippen molar-refractivity contribution in [3.8, 4) is 5.75 Å². The third-order valence-electron chi connectivity index (χ3n) is 3.40. The SMILES string of the molecule is Cc1noc(C)c1COc1ccccc1C=NN=C1NC(=O)CS1. The largest absolute Gasteiger partial charge is 0.488 e. The molecule has 1 aliphatic heterocycles. The molecule has 0 unspecified atom stereocenters. The molecule has 0 bridgehead atoms. The Morgan fingerprint density at radius 1 is 1.42 bits per heavy atom. The van der Waals surface area contributed by atoms with Crippen molar-refractivity contribution in [2.45, 2.75) is 20.5 Å². The second-order valence-electron chi connectivity index (χ2n) is 5.12. The van der Waals surface area contributed by atoms with Gasteiger partial charge in [0.15, 0.2) is 5.17 Å². The Hall–Kier alpha value is -2.61. The predicted octanol–water partition coefficient (Wildman–Crippen LogP) is 2.42. The summed E-state index contributed by atoms with van der Waals surface area (Å²) in [6.45, 7) is 4.11. The van der Waals surface area contributed by atoms with Crippen molar-refractivity contribution in [2.24, 2.45) is 10.2 Å². The highest BCUT2D eigenvalue weighted by molar-refractivity contribution is 8.15. The molecule has 1 aromatic carbocycles. The van der Waals surface area contributed by atoms with Crippen LogP contribution in [0.25, 0.3) is 0 Å².